The van der Waals surface area contributed by atoms with Gasteiger partial charge in [-0.2, -0.15) is 0 Å². The monoisotopic (exact) mass is 387 g/mol. The van der Waals surface area contributed by atoms with E-state index in [-0.39, 0.29) is 24.0 Å². The Hall–Kier alpha value is -2.89. The van der Waals surface area contributed by atoms with E-state index in [1.807, 2.05) is 30.3 Å². The summed E-state index contributed by atoms with van der Waals surface area (Å²) in [6, 6.07) is 14.2. The number of ether oxygens (including phenoxy) is 2. The number of hydrogen-bond acceptors (Lipinski definition) is 4. The number of amides is 1. The first-order valence-electron chi connectivity index (χ1n) is 9.29. The molecule has 150 valence electrons. The number of rotatable bonds is 9. The topological polar surface area (TPSA) is 64.6 Å². The van der Waals surface area contributed by atoms with Gasteiger partial charge in [-0.3, -0.25) is 9.59 Å². The molecule has 28 heavy (non-hydrogen) atoms. The van der Waals surface area contributed by atoms with Crippen LogP contribution < -0.4 is 10.1 Å². The molecule has 0 saturated carbocycles. The third kappa shape index (κ3) is 6.08. The van der Waals surface area contributed by atoms with Gasteiger partial charge in [0.15, 0.2) is 17.7 Å². The fourth-order valence-corrected chi connectivity index (χ4v) is 2.87. The Labute approximate surface area is 164 Å². The minimum Gasteiger partial charge on any atom is -0.494 e. The lowest BCUT2D eigenvalue weighted by molar-refractivity contribution is -0.154. The van der Waals surface area contributed by atoms with Crippen molar-refractivity contribution in [2.45, 2.75) is 38.7 Å². The Morgan fingerprint density at radius 3 is 2.46 bits per heavy atom. The maximum absolute atomic E-state index is 13.7. The summed E-state index contributed by atoms with van der Waals surface area (Å²) in [7, 11) is 1.37. The zero-order valence-corrected chi connectivity index (χ0v) is 16.4. The summed E-state index contributed by atoms with van der Waals surface area (Å²) >= 11 is 0. The van der Waals surface area contributed by atoms with Gasteiger partial charge in [0.1, 0.15) is 0 Å². The second kappa shape index (κ2) is 10.4. The second-order valence-electron chi connectivity index (χ2n) is 6.54. The van der Waals surface area contributed by atoms with Crippen molar-refractivity contribution in [1.29, 1.82) is 0 Å². The van der Waals surface area contributed by atoms with E-state index < -0.39 is 17.9 Å². The van der Waals surface area contributed by atoms with Gasteiger partial charge in [-0.15, -0.1) is 0 Å². The smallest absolute Gasteiger partial charge is 0.311 e. The van der Waals surface area contributed by atoms with Crippen LogP contribution in [0.25, 0.3) is 0 Å². The Balaban J connectivity index is 1.84. The molecule has 0 heterocycles. The van der Waals surface area contributed by atoms with E-state index in [1.54, 1.807) is 6.07 Å². The number of esters is 1. The summed E-state index contributed by atoms with van der Waals surface area (Å²) < 4.78 is 23.7. The van der Waals surface area contributed by atoms with E-state index in [0.717, 1.165) is 12.0 Å². The first-order chi connectivity index (χ1) is 13.4. The average Bonchev–Trinajstić information content (AvgIpc) is 2.69. The van der Waals surface area contributed by atoms with E-state index in [0.29, 0.717) is 12.1 Å². The quantitative estimate of drug-likeness (QED) is 0.668. The normalized spacial score (nSPS) is 12.7. The van der Waals surface area contributed by atoms with Crippen molar-refractivity contribution in [2.75, 3.05) is 13.7 Å². The van der Waals surface area contributed by atoms with Gasteiger partial charge >= 0.3 is 5.97 Å². The molecule has 0 fully saturated rings. The molecule has 0 unspecified atom stereocenters. The third-order valence-corrected chi connectivity index (χ3v) is 4.53. The fourth-order valence-electron chi connectivity index (χ4n) is 2.87. The predicted octanol–water partition coefficient (Wildman–Crippen LogP) is 3.62. The van der Waals surface area contributed by atoms with E-state index >= 15 is 0 Å². The molecule has 2 aromatic rings. The van der Waals surface area contributed by atoms with Crippen molar-refractivity contribution in [3.8, 4) is 5.75 Å². The summed E-state index contributed by atoms with van der Waals surface area (Å²) in [4.78, 5) is 24.3. The second-order valence-corrected chi connectivity index (χ2v) is 6.54. The Bertz CT molecular complexity index is 794. The van der Waals surface area contributed by atoms with Gasteiger partial charge in [-0.25, -0.2) is 4.39 Å². The molecule has 2 aromatic carbocycles. The van der Waals surface area contributed by atoms with Crippen LogP contribution >= 0.6 is 0 Å². The molecular weight excluding hydrogens is 361 g/mol. The molecule has 0 aliphatic rings. The largest absolute Gasteiger partial charge is 0.494 e. The van der Waals surface area contributed by atoms with Crippen molar-refractivity contribution >= 4 is 11.9 Å². The third-order valence-electron chi connectivity index (χ3n) is 4.53. The highest BCUT2D eigenvalue weighted by atomic mass is 19.1. The molecule has 0 bridgehead atoms. The van der Waals surface area contributed by atoms with Crippen molar-refractivity contribution < 1.29 is 23.5 Å². The molecule has 0 radical (unpaired) electrons. The summed E-state index contributed by atoms with van der Waals surface area (Å²) in [5.74, 6) is -1.21. The molecule has 0 spiro atoms. The minimum atomic E-state index is -0.927. The van der Waals surface area contributed by atoms with Gasteiger partial charge in [0, 0.05) is 12.5 Å². The molecule has 5 nitrogen and oxygen atoms in total. The summed E-state index contributed by atoms with van der Waals surface area (Å²) in [6.45, 7) is 4.04. The van der Waals surface area contributed by atoms with Gasteiger partial charge in [-0.05, 0) is 36.6 Å². The number of carbonyl (C=O) groups is 2. The van der Waals surface area contributed by atoms with Gasteiger partial charge in [-0.1, -0.05) is 43.3 Å². The van der Waals surface area contributed by atoms with Crippen LogP contribution in [0.4, 0.5) is 4.39 Å². The lowest BCUT2D eigenvalue weighted by atomic mass is 9.96. The number of halogens is 1. The molecule has 0 aliphatic heterocycles. The number of hydrogen-bond donors (Lipinski definition) is 1. The Morgan fingerprint density at radius 2 is 1.86 bits per heavy atom. The summed E-state index contributed by atoms with van der Waals surface area (Å²) in [6.07, 6.45) is -0.175. The van der Waals surface area contributed by atoms with Crippen molar-refractivity contribution in [3.05, 3.63) is 65.5 Å². The van der Waals surface area contributed by atoms with E-state index in [2.05, 4.69) is 12.2 Å². The van der Waals surface area contributed by atoms with Crippen LogP contribution in [0.15, 0.2) is 48.5 Å². The predicted molar refractivity (Wildman–Crippen MR) is 105 cm³/mol. The first-order valence-corrected chi connectivity index (χ1v) is 9.29. The highest BCUT2D eigenvalue weighted by molar-refractivity contribution is 5.83. The zero-order valence-electron chi connectivity index (χ0n) is 16.4. The highest BCUT2D eigenvalue weighted by Gasteiger charge is 2.19. The highest BCUT2D eigenvalue weighted by Crippen LogP contribution is 2.19. The van der Waals surface area contributed by atoms with E-state index in [1.165, 1.54) is 26.2 Å². The molecule has 6 heteroatoms. The Kier molecular flexibility index (Phi) is 7.99. The van der Waals surface area contributed by atoms with Gasteiger partial charge < -0.3 is 14.8 Å². The molecule has 1 N–H and O–H groups in total. The lowest BCUT2D eigenvalue weighted by Gasteiger charge is -2.18. The van der Waals surface area contributed by atoms with Crippen LogP contribution in [0.2, 0.25) is 0 Å². The van der Waals surface area contributed by atoms with Crippen LogP contribution in [0.3, 0.4) is 0 Å². The molecular formula is C22H26FNO4. The molecule has 1 amide bonds. The van der Waals surface area contributed by atoms with Crippen LogP contribution in [0.5, 0.6) is 5.75 Å². The molecule has 2 rings (SSSR count). The first kappa shape index (κ1) is 21.4. The standard InChI is InChI=1S/C22H26FNO4/c1-4-17(18-8-6-5-7-9-18)14-24-22(26)15(2)28-21(25)13-16-10-11-20(27-3)19(23)12-16/h5-12,15,17H,4,13-14H2,1-3H3,(H,24,26)/t15-,17+/m1/s1. The summed E-state index contributed by atoms with van der Waals surface area (Å²) in [5, 5.41) is 2.83. The molecule has 2 atom stereocenters. The molecule has 0 aliphatic carbocycles. The lowest BCUT2D eigenvalue weighted by Crippen LogP contribution is -2.38. The van der Waals surface area contributed by atoms with Crippen LogP contribution in [-0.2, 0) is 20.7 Å². The number of methoxy groups -OCH3 is 1. The van der Waals surface area contributed by atoms with Crippen molar-refractivity contribution in [3.63, 3.8) is 0 Å². The number of carbonyl (C=O) groups excluding carboxylic acids is 2. The van der Waals surface area contributed by atoms with Crippen LogP contribution in [-0.4, -0.2) is 31.6 Å². The van der Waals surface area contributed by atoms with Crippen molar-refractivity contribution in [1.82, 2.24) is 5.32 Å². The zero-order chi connectivity index (χ0) is 20.5. The Morgan fingerprint density at radius 1 is 1.14 bits per heavy atom. The summed E-state index contributed by atoms with van der Waals surface area (Å²) in [5.41, 5.74) is 1.60. The molecule has 0 saturated heterocycles. The average molecular weight is 387 g/mol. The van der Waals surface area contributed by atoms with E-state index in [9.17, 15) is 14.0 Å². The maximum atomic E-state index is 13.7. The minimum absolute atomic E-state index is 0.105. The van der Waals surface area contributed by atoms with Crippen LogP contribution in [0, 0.1) is 5.82 Å². The SMILES string of the molecule is CC[C@@H](CNC(=O)[C@@H](C)OC(=O)Cc1ccc(OC)c(F)c1)c1ccccc1. The van der Waals surface area contributed by atoms with Gasteiger partial charge in [0.2, 0.25) is 0 Å². The van der Waals surface area contributed by atoms with Crippen LogP contribution in [0.1, 0.15) is 37.3 Å². The maximum Gasteiger partial charge on any atom is 0.311 e. The van der Waals surface area contributed by atoms with Crippen molar-refractivity contribution in [2.24, 2.45) is 0 Å². The number of benzene rings is 2. The van der Waals surface area contributed by atoms with Gasteiger partial charge in [0.25, 0.3) is 5.91 Å². The molecule has 0 aromatic heterocycles. The van der Waals surface area contributed by atoms with E-state index in [4.69, 9.17) is 9.47 Å². The number of nitrogens with one attached hydrogen (secondary N) is 1. The fraction of sp³-hybridized carbons (Fsp3) is 0.364. The van der Waals surface area contributed by atoms with Gasteiger partial charge in [0.05, 0.1) is 13.5 Å².